The number of carbonyl (C=O) groups excluding carboxylic acids is 3. The van der Waals surface area contributed by atoms with E-state index in [0.29, 0.717) is 5.56 Å². The van der Waals surface area contributed by atoms with Crippen molar-refractivity contribution >= 4 is 23.7 Å². The number of carboxylic acids is 1. The highest BCUT2D eigenvalue weighted by molar-refractivity contribution is 6.22. The van der Waals surface area contributed by atoms with E-state index in [4.69, 9.17) is 0 Å². The summed E-state index contributed by atoms with van der Waals surface area (Å²) in [5.74, 6) is -2.65. The van der Waals surface area contributed by atoms with Crippen LogP contribution in [0.1, 0.15) is 77.0 Å². The summed E-state index contributed by atoms with van der Waals surface area (Å²) in [6.07, 6.45) is 4.74. The topological polar surface area (TPSA) is 104 Å². The minimum Gasteiger partial charge on any atom is -0.480 e. The molecule has 2 aliphatic rings. The van der Waals surface area contributed by atoms with Gasteiger partial charge in [0.05, 0.1) is 11.1 Å². The fourth-order valence-electron chi connectivity index (χ4n) is 3.81. The van der Waals surface area contributed by atoms with Gasteiger partial charge in [-0.3, -0.25) is 19.3 Å². The van der Waals surface area contributed by atoms with Gasteiger partial charge in [-0.25, -0.2) is 4.79 Å². The van der Waals surface area contributed by atoms with Crippen molar-refractivity contribution in [1.82, 2.24) is 10.2 Å². The second-order valence-electron chi connectivity index (χ2n) is 7.57. The fraction of sp³-hybridized carbons (Fsp3) is 0.500. The van der Waals surface area contributed by atoms with Crippen molar-refractivity contribution in [1.29, 1.82) is 0 Å². The van der Waals surface area contributed by atoms with Crippen molar-refractivity contribution < 1.29 is 24.3 Å². The third-order valence-corrected chi connectivity index (χ3v) is 5.34. The van der Waals surface area contributed by atoms with Gasteiger partial charge in [-0.2, -0.15) is 0 Å². The lowest BCUT2D eigenvalue weighted by atomic mass is 9.94. The van der Waals surface area contributed by atoms with Gasteiger partial charge in [-0.05, 0) is 37.0 Å². The summed E-state index contributed by atoms with van der Waals surface area (Å²) in [4.78, 5) is 50.5. The predicted molar refractivity (Wildman–Crippen MR) is 97.5 cm³/mol. The minimum absolute atomic E-state index is 0.0826. The highest BCUT2D eigenvalue weighted by Gasteiger charge is 2.40. The first kappa shape index (κ1) is 19.1. The van der Waals surface area contributed by atoms with E-state index in [1.54, 1.807) is 13.8 Å². The Kier molecular flexibility index (Phi) is 5.30. The highest BCUT2D eigenvalue weighted by Crippen LogP contribution is 2.31. The highest BCUT2D eigenvalue weighted by atomic mass is 16.4. The first-order chi connectivity index (χ1) is 12.8. The Morgan fingerprint density at radius 3 is 2.30 bits per heavy atom. The molecule has 1 aliphatic carbocycles. The lowest BCUT2D eigenvalue weighted by molar-refractivity contribution is -0.140. The van der Waals surface area contributed by atoms with E-state index in [9.17, 15) is 24.3 Å². The number of carboxylic acid groups (broad SMARTS) is 1. The van der Waals surface area contributed by atoms with E-state index in [1.165, 1.54) is 23.1 Å². The summed E-state index contributed by atoms with van der Waals surface area (Å²) < 4.78 is 0. The van der Waals surface area contributed by atoms with Gasteiger partial charge >= 0.3 is 5.97 Å². The third-order valence-electron chi connectivity index (χ3n) is 5.34. The van der Waals surface area contributed by atoms with Crippen LogP contribution in [0.3, 0.4) is 0 Å². The maximum absolute atomic E-state index is 12.8. The molecule has 1 atom stereocenters. The van der Waals surface area contributed by atoms with E-state index < -0.39 is 17.9 Å². The molecule has 3 amide bonds. The molecule has 0 saturated heterocycles. The Bertz CT molecular complexity index is 796. The minimum atomic E-state index is -1.12. The first-order valence-electron chi connectivity index (χ1n) is 9.37. The van der Waals surface area contributed by atoms with Crippen molar-refractivity contribution in [2.24, 2.45) is 5.92 Å². The van der Waals surface area contributed by atoms with Crippen LogP contribution in [0.4, 0.5) is 0 Å². The number of hydrogen-bond acceptors (Lipinski definition) is 4. The van der Waals surface area contributed by atoms with Gasteiger partial charge in [0.15, 0.2) is 0 Å². The number of hydrogen-bond donors (Lipinski definition) is 2. The summed E-state index contributed by atoms with van der Waals surface area (Å²) >= 11 is 0. The number of carbonyl (C=O) groups is 4. The maximum atomic E-state index is 12.8. The zero-order valence-electron chi connectivity index (χ0n) is 15.5. The molecule has 1 unspecified atom stereocenters. The number of nitrogens with one attached hydrogen (secondary N) is 1. The first-order valence-corrected chi connectivity index (χ1v) is 9.37. The van der Waals surface area contributed by atoms with Crippen LogP contribution >= 0.6 is 0 Å². The molecule has 7 heteroatoms. The number of benzene rings is 1. The van der Waals surface area contributed by atoms with Gasteiger partial charge in [0.2, 0.25) is 0 Å². The number of aliphatic carboxylic acids is 1. The molecule has 7 nitrogen and oxygen atoms in total. The smallest absolute Gasteiger partial charge is 0.326 e. The molecule has 0 aromatic heterocycles. The van der Waals surface area contributed by atoms with Gasteiger partial charge in [0.25, 0.3) is 17.7 Å². The SMILES string of the molecule is CC(C)C(NC(=O)c1ccc2c(c1)C(=O)N(C1CCCCC1)C2=O)C(=O)O. The van der Waals surface area contributed by atoms with Crippen molar-refractivity contribution in [3.8, 4) is 0 Å². The van der Waals surface area contributed by atoms with Crippen molar-refractivity contribution in [2.75, 3.05) is 0 Å². The molecule has 1 aliphatic heterocycles. The molecule has 0 spiro atoms. The van der Waals surface area contributed by atoms with Crippen LogP contribution in [-0.2, 0) is 4.79 Å². The normalized spacial score (nSPS) is 18.6. The summed E-state index contributed by atoms with van der Waals surface area (Å²) in [7, 11) is 0. The Labute approximate surface area is 157 Å². The molecule has 0 radical (unpaired) electrons. The molecule has 1 saturated carbocycles. The van der Waals surface area contributed by atoms with E-state index >= 15 is 0 Å². The molecular weight excluding hydrogens is 348 g/mol. The zero-order chi connectivity index (χ0) is 19.7. The Morgan fingerprint density at radius 2 is 1.70 bits per heavy atom. The van der Waals surface area contributed by atoms with Crippen molar-refractivity contribution in [3.05, 3.63) is 34.9 Å². The Hall–Kier alpha value is -2.70. The predicted octanol–water partition coefficient (Wildman–Crippen LogP) is 2.45. The largest absolute Gasteiger partial charge is 0.480 e. The lowest BCUT2D eigenvalue weighted by Crippen LogP contribution is -2.44. The number of nitrogens with zero attached hydrogens (tertiary/aromatic N) is 1. The van der Waals surface area contributed by atoms with Gasteiger partial charge in [-0.15, -0.1) is 0 Å². The van der Waals surface area contributed by atoms with Crippen LogP contribution in [0.2, 0.25) is 0 Å². The molecule has 0 bridgehead atoms. The van der Waals surface area contributed by atoms with Gasteiger partial charge < -0.3 is 10.4 Å². The van der Waals surface area contributed by atoms with Crippen LogP contribution < -0.4 is 5.32 Å². The van der Waals surface area contributed by atoms with E-state index in [2.05, 4.69) is 5.32 Å². The van der Waals surface area contributed by atoms with Gasteiger partial charge in [0, 0.05) is 11.6 Å². The van der Waals surface area contributed by atoms with E-state index in [1.807, 2.05) is 0 Å². The fourth-order valence-corrected chi connectivity index (χ4v) is 3.81. The van der Waals surface area contributed by atoms with Crippen LogP contribution in [0, 0.1) is 5.92 Å². The van der Waals surface area contributed by atoms with Gasteiger partial charge in [-0.1, -0.05) is 33.1 Å². The molecule has 1 fully saturated rings. The van der Waals surface area contributed by atoms with Gasteiger partial charge in [0.1, 0.15) is 6.04 Å². The van der Waals surface area contributed by atoms with E-state index in [0.717, 1.165) is 32.1 Å². The van der Waals surface area contributed by atoms with Crippen LogP contribution in [0.5, 0.6) is 0 Å². The second-order valence-corrected chi connectivity index (χ2v) is 7.57. The zero-order valence-corrected chi connectivity index (χ0v) is 15.5. The molecule has 144 valence electrons. The number of rotatable bonds is 5. The molecule has 2 N–H and O–H groups in total. The number of imide groups is 1. The summed E-state index contributed by atoms with van der Waals surface area (Å²) in [5.41, 5.74) is 0.697. The average molecular weight is 372 g/mol. The molecule has 1 heterocycles. The maximum Gasteiger partial charge on any atom is 0.326 e. The second kappa shape index (κ2) is 7.50. The molecule has 27 heavy (non-hydrogen) atoms. The summed E-state index contributed by atoms with van der Waals surface area (Å²) in [5, 5.41) is 11.7. The molecule has 1 aromatic rings. The molecular formula is C20H24N2O5. The quantitative estimate of drug-likeness (QED) is 0.773. The third kappa shape index (κ3) is 3.59. The lowest BCUT2D eigenvalue weighted by Gasteiger charge is -2.29. The Morgan fingerprint density at radius 1 is 1.07 bits per heavy atom. The summed E-state index contributed by atoms with van der Waals surface area (Å²) in [6, 6.07) is 3.23. The molecule has 1 aromatic carbocycles. The number of fused-ring (bicyclic) bond motifs is 1. The Balaban J connectivity index is 1.83. The van der Waals surface area contributed by atoms with Crippen LogP contribution in [0.15, 0.2) is 18.2 Å². The monoisotopic (exact) mass is 372 g/mol. The van der Waals surface area contributed by atoms with Crippen LogP contribution in [-0.4, -0.2) is 45.8 Å². The van der Waals surface area contributed by atoms with Crippen LogP contribution in [0.25, 0.3) is 0 Å². The number of amides is 3. The van der Waals surface area contributed by atoms with E-state index in [-0.39, 0.29) is 34.9 Å². The van der Waals surface area contributed by atoms with Crippen molar-refractivity contribution in [2.45, 2.75) is 58.0 Å². The average Bonchev–Trinajstić information content (AvgIpc) is 2.90. The molecule has 3 rings (SSSR count). The standard InChI is InChI=1S/C20H24N2O5/c1-11(2)16(20(26)27)21-17(23)12-8-9-14-15(10-12)19(25)22(18(14)24)13-6-4-3-5-7-13/h8-11,13,16H,3-7H2,1-2H3,(H,21,23)(H,26,27). The summed E-state index contributed by atoms with van der Waals surface area (Å²) in [6.45, 7) is 3.40. The van der Waals surface area contributed by atoms with Crippen molar-refractivity contribution in [3.63, 3.8) is 0 Å².